The highest BCUT2D eigenvalue weighted by Gasteiger charge is 2.17. The number of fused-ring (bicyclic) bond motifs is 2. The first-order chi connectivity index (χ1) is 24.8. The molecular weight excluding hydrogens is 609 g/mol. The first-order valence-corrected chi connectivity index (χ1v) is 16.7. The highest BCUT2D eigenvalue weighted by molar-refractivity contribution is 6.11. The molecule has 0 aliphatic rings. The van der Waals surface area contributed by atoms with E-state index in [1.54, 1.807) is 0 Å². The van der Waals surface area contributed by atoms with Crippen LogP contribution in [0.2, 0.25) is 0 Å². The van der Waals surface area contributed by atoms with Crippen molar-refractivity contribution in [2.75, 3.05) is 0 Å². The minimum absolute atomic E-state index is 0.638. The molecule has 0 saturated carbocycles. The zero-order valence-corrected chi connectivity index (χ0v) is 27.1. The highest BCUT2D eigenvalue weighted by atomic mass is 15.0. The normalized spacial score (nSPS) is 11.2. The third kappa shape index (κ3) is 5.39. The van der Waals surface area contributed by atoms with Gasteiger partial charge in [-0.25, -0.2) is 15.0 Å². The fourth-order valence-corrected chi connectivity index (χ4v) is 6.82. The van der Waals surface area contributed by atoms with E-state index in [2.05, 4.69) is 132 Å². The van der Waals surface area contributed by atoms with Crippen LogP contribution >= 0.6 is 0 Å². The molecule has 0 bridgehead atoms. The first-order valence-electron chi connectivity index (χ1n) is 16.7. The first kappa shape index (κ1) is 29.4. The van der Waals surface area contributed by atoms with Crippen LogP contribution in [-0.4, -0.2) is 19.9 Å². The Hall–Kier alpha value is -6.78. The number of nitrogens with zero attached hydrogens (tertiary/aromatic N) is 4. The second-order valence-electron chi connectivity index (χ2n) is 12.3. The van der Waals surface area contributed by atoms with Crippen LogP contribution in [0.1, 0.15) is 0 Å². The topological polar surface area (TPSA) is 51.6 Å². The van der Waals surface area contributed by atoms with Crippen molar-refractivity contribution in [1.29, 1.82) is 0 Å². The van der Waals surface area contributed by atoms with Crippen molar-refractivity contribution in [3.8, 4) is 67.5 Å². The number of rotatable bonds is 6. The maximum absolute atomic E-state index is 5.12. The van der Waals surface area contributed by atoms with Crippen LogP contribution in [-0.2, 0) is 0 Å². The van der Waals surface area contributed by atoms with Gasteiger partial charge in [-0.1, -0.05) is 158 Å². The zero-order valence-electron chi connectivity index (χ0n) is 27.1. The van der Waals surface area contributed by atoms with Crippen molar-refractivity contribution in [2.45, 2.75) is 0 Å². The lowest BCUT2D eigenvalue weighted by molar-refractivity contribution is 1.08. The number of aromatic nitrogens is 4. The molecule has 0 fully saturated rings. The lowest BCUT2D eigenvalue weighted by Gasteiger charge is -2.16. The van der Waals surface area contributed by atoms with Gasteiger partial charge in [0.1, 0.15) is 0 Å². The van der Waals surface area contributed by atoms with E-state index in [9.17, 15) is 0 Å². The van der Waals surface area contributed by atoms with Gasteiger partial charge in [0.25, 0.3) is 0 Å². The fourth-order valence-electron chi connectivity index (χ4n) is 6.82. The molecule has 0 aliphatic heterocycles. The summed E-state index contributed by atoms with van der Waals surface area (Å²) in [7, 11) is 0. The molecule has 0 aliphatic carbocycles. The molecule has 4 nitrogen and oxygen atoms in total. The Morgan fingerprint density at radius 2 is 0.660 bits per heavy atom. The molecular formula is C46H30N4. The Morgan fingerprint density at radius 1 is 0.260 bits per heavy atom. The van der Waals surface area contributed by atoms with E-state index in [-0.39, 0.29) is 0 Å². The molecule has 0 spiro atoms. The second-order valence-corrected chi connectivity index (χ2v) is 12.3. The summed E-state index contributed by atoms with van der Waals surface area (Å²) in [5.41, 5.74) is 9.77. The fraction of sp³-hybridized carbons (Fsp3) is 0. The molecule has 50 heavy (non-hydrogen) atoms. The van der Waals surface area contributed by atoms with E-state index in [1.165, 1.54) is 27.5 Å². The number of pyridine rings is 1. The van der Waals surface area contributed by atoms with Gasteiger partial charge < -0.3 is 0 Å². The summed E-state index contributed by atoms with van der Waals surface area (Å²) in [6, 6.07) is 59.1. The summed E-state index contributed by atoms with van der Waals surface area (Å²) < 4.78 is 0. The average Bonchev–Trinajstić information content (AvgIpc) is 3.21. The standard InChI is InChI=1S/C46H30N4/c1-3-12-31(13-4-1)32-21-23-34(24-22-32)45-48-44(33-14-5-2-6-15-33)49-46(50-45)43-28-27-42(39-19-9-10-20-40(39)43)41-26-25-36(35-16-11-29-47-30-35)37-17-7-8-18-38(37)41/h1-30H. The Balaban J connectivity index is 1.20. The molecule has 2 heterocycles. The van der Waals surface area contributed by atoms with E-state index in [4.69, 9.17) is 15.0 Å². The molecule has 0 saturated heterocycles. The predicted molar refractivity (Wildman–Crippen MR) is 205 cm³/mol. The molecule has 7 aromatic carbocycles. The molecule has 0 unspecified atom stereocenters. The van der Waals surface area contributed by atoms with Gasteiger partial charge in [0.05, 0.1) is 0 Å². The van der Waals surface area contributed by atoms with Crippen LogP contribution in [0.4, 0.5) is 0 Å². The second kappa shape index (κ2) is 12.7. The van der Waals surface area contributed by atoms with Crippen LogP contribution < -0.4 is 0 Å². The summed E-state index contributed by atoms with van der Waals surface area (Å²) in [6.45, 7) is 0. The Labute approximate surface area is 290 Å². The zero-order chi connectivity index (χ0) is 33.3. The molecule has 234 valence electrons. The highest BCUT2D eigenvalue weighted by Crippen LogP contribution is 2.40. The SMILES string of the molecule is c1ccc(-c2ccc(-c3nc(-c4ccccc4)nc(-c4ccc(-c5ccc(-c6cccnc6)c6ccccc56)c5ccccc45)n3)cc2)cc1. The molecule has 0 amide bonds. The molecule has 2 aromatic heterocycles. The van der Waals surface area contributed by atoms with Crippen molar-refractivity contribution >= 4 is 21.5 Å². The van der Waals surface area contributed by atoms with Gasteiger partial charge in [-0.2, -0.15) is 0 Å². The van der Waals surface area contributed by atoms with E-state index in [0.29, 0.717) is 17.5 Å². The van der Waals surface area contributed by atoms with E-state index in [0.717, 1.165) is 44.2 Å². The minimum atomic E-state index is 0.638. The van der Waals surface area contributed by atoms with E-state index in [1.807, 2.05) is 54.9 Å². The molecule has 0 atom stereocenters. The Bertz CT molecular complexity index is 2620. The lowest BCUT2D eigenvalue weighted by Crippen LogP contribution is -2.01. The summed E-state index contributed by atoms with van der Waals surface area (Å²) in [5.74, 6) is 1.92. The number of hydrogen-bond donors (Lipinski definition) is 0. The van der Waals surface area contributed by atoms with Gasteiger partial charge in [-0.3, -0.25) is 4.98 Å². The Kier molecular flexibility index (Phi) is 7.45. The summed E-state index contributed by atoms with van der Waals surface area (Å²) in [4.78, 5) is 19.6. The summed E-state index contributed by atoms with van der Waals surface area (Å²) in [5, 5.41) is 4.61. The molecule has 4 heteroatoms. The molecule has 9 aromatic rings. The van der Waals surface area contributed by atoms with Crippen molar-refractivity contribution in [2.24, 2.45) is 0 Å². The van der Waals surface area contributed by atoms with Crippen LogP contribution in [0.15, 0.2) is 182 Å². The van der Waals surface area contributed by atoms with Gasteiger partial charge in [0.15, 0.2) is 17.5 Å². The van der Waals surface area contributed by atoms with Crippen LogP contribution in [0, 0.1) is 0 Å². The molecule has 0 N–H and O–H groups in total. The van der Waals surface area contributed by atoms with Crippen molar-refractivity contribution < 1.29 is 0 Å². The average molecular weight is 639 g/mol. The van der Waals surface area contributed by atoms with Gasteiger partial charge in [-0.05, 0) is 61.5 Å². The molecule has 0 radical (unpaired) electrons. The van der Waals surface area contributed by atoms with Crippen LogP contribution in [0.5, 0.6) is 0 Å². The third-order valence-corrected chi connectivity index (χ3v) is 9.27. The third-order valence-electron chi connectivity index (χ3n) is 9.27. The number of hydrogen-bond acceptors (Lipinski definition) is 4. The summed E-state index contributed by atoms with van der Waals surface area (Å²) in [6.07, 6.45) is 3.74. The van der Waals surface area contributed by atoms with Crippen molar-refractivity contribution in [1.82, 2.24) is 19.9 Å². The maximum atomic E-state index is 5.12. The summed E-state index contributed by atoms with van der Waals surface area (Å²) >= 11 is 0. The quantitative estimate of drug-likeness (QED) is 0.182. The van der Waals surface area contributed by atoms with Gasteiger partial charge in [0.2, 0.25) is 0 Å². The van der Waals surface area contributed by atoms with Crippen molar-refractivity contribution in [3.05, 3.63) is 182 Å². The van der Waals surface area contributed by atoms with Crippen LogP contribution in [0.3, 0.4) is 0 Å². The maximum Gasteiger partial charge on any atom is 0.164 e. The number of benzene rings is 7. The van der Waals surface area contributed by atoms with Crippen LogP contribution in [0.25, 0.3) is 89.1 Å². The Morgan fingerprint density at radius 3 is 1.24 bits per heavy atom. The lowest BCUT2D eigenvalue weighted by atomic mass is 9.89. The monoisotopic (exact) mass is 638 g/mol. The predicted octanol–water partition coefficient (Wildman–Crippen LogP) is 11.6. The smallest absolute Gasteiger partial charge is 0.164 e. The molecule has 9 rings (SSSR count). The van der Waals surface area contributed by atoms with E-state index < -0.39 is 0 Å². The van der Waals surface area contributed by atoms with Gasteiger partial charge >= 0.3 is 0 Å². The van der Waals surface area contributed by atoms with Gasteiger partial charge in [0, 0.05) is 34.6 Å². The largest absolute Gasteiger partial charge is 0.264 e. The van der Waals surface area contributed by atoms with Gasteiger partial charge in [-0.15, -0.1) is 0 Å². The van der Waals surface area contributed by atoms with Crippen molar-refractivity contribution in [3.63, 3.8) is 0 Å². The minimum Gasteiger partial charge on any atom is -0.264 e. The van der Waals surface area contributed by atoms with E-state index >= 15 is 0 Å².